The molecule has 35 heavy (non-hydrogen) atoms. The van der Waals surface area contributed by atoms with E-state index in [0.717, 1.165) is 5.56 Å². The van der Waals surface area contributed by atoms with Crippen LogP contribution in [0.4, 0.5) is 20.7 Å². The zero-order chi connectivity index (χ0) is 24.5. The van der Waals surface area contributed by atoms with Crippen LogP contribution in [0.25, 0.3) is 17.0 Å². The van der Waals surface area contributed by atoms with Crippen LogP contribution in [0.2, 0.25) is 0 Å². The van der Waals surface area contributed by atoms with Crippen molar-refractivity contribution in [3.63, 3.8) is 0 Å². The van der Waals surface area contributed by atoms with Crippen molar-refractivity contribution in [3.8, 4) is 5.95 Å². The number of aromatic nitrogens is 5. The minimum atomic E-state index is -2.83. The molecule has 2 aliphatic rings. The maximum absolute atomic E-state index is 14.1. The van der Waals surface area contributed by atoms with Crippen molar-refractivity contribution < 1.29 is 18.3 Å². The number of hydrogen-bond acceptors (Lipinski definition) is 8. The second-order valence-electron chi connectivity index (χ2n) is 8.51. The molecule has 0 saturated carbocycles. The number of anilines is 2. The molecule has 0 aliphatic carbocycles. The fourth-order valence-corrected chi connectivity index (χ4v) is 4.58. The van der Waals surface area contributed by atoms with Gasteiger partial charge in [-0.05, 0) is 25.0 Å². The molecule has 2 fully saturated rings. The number of benzene rings is 1. The number of nitrogens with zero attached hydrogens (tertiary/aromatic N) is 7. The van der Waals surface area contributed by atoms with E-state index in [2.05, 4.69) is 25.3 Å². The minimum Gasteiger partial charge on any atom is -0.378 e. The van der Waals surface area contributed by atoms with Gasteiger partial charge >= 0.3 is 0 Å². The zero-order valence-electron chi connectivity index (χ0n) is 19.1. The minimum absolute atomic E-state index is 0.0547. The van der Waals surface area contributed by atoms with Crippen molar-refractivity contribution in [2.24, 2.45) is 0 Å². The SMILES string of the molecule is Cc1cccc2c1nc(C(F)F)n2-c1nc(N[C@@H]2CCN(C(=O)CCl)C2)nc(N2CCOCC2)n1. The summed E-state index contributed by atoms with van der Waals surface area (Å²) in [6.07, 6.45) is -2.14. The third-order valence-electron chi connectivity index (χ3n) is 6.20. The standard InChI is InChI=1S/C22H25ClF2N8O2/c1-13-3-2-4-15-17(13)27-19(18(24)25)33(15)22-29-20(26-14-5-6-32(12-14)16(34)11-23)28-21(30-22)31-7-9-35-10-8-31/h2-4,14,18H,5-12H2,1H3,(H,26,28,29,30)/t14-/m1/s1. The Labute approximate surface area is 205 Å². The van der Waals surface area contributed by atoms with Gasteiger partial charge < -0.3 is 19.9 Å². The second-order valence-corrected chi connectivity index (χ2v) is 8.78. The van der Waals surface area contributed by atoms with E-state index >= 15 is 0 Å². The average molecular weight is 507 g/mol. The third kappa shape index (κ3) is 4.72. The highest BCUT2D eigenvalue weighted by Crippen LogP contribution is 2.29. The van der Waals surface area contributed by atoms with Gasteiger partial charge in [-0.3, -0.25) is 9.36 Å². The van der Waals surface area contributed by atoms with Crippen LogP contribution in [0.15, 0.2) is 18.2 Å². The Bertz CT molecular complexity index is 1230. The Morgan fingerprint density at radius 2 is 1.94 bits per heavy atom. The maximum Gasteiger partial charge on any atom is 0.296 e. The van der Waals surface area contributed by atoms with Gasteiger partial charge in [0.1, 0.15) is 5.88 Å². The van der Waals surface area contributed by atoms with Gasteiger partial charge in [-0.15, -0.1) is 11.6 Å². The molecule has 4 heterocycles. The Balaban J connectivity index is 1.57. The predicted octanol–water partition coefficient (Wildman–Crippen LogP) is 2.54. The lowest BCUT2D eigenvalue weighted by molar-refractivity contribution is -0.127. The van der Waals surface area contributed by atoms with Crippen molar-refractivity contribution in [3.05, 3.63) is 29.6 Å². The Morgan fingerprint density at radius 1 is 1.17 bits per heavy atom. The van der Waals surface area contributed by atoms with Gasteiger partial charge in [0.25, 0.3) is 6.43 Å². The Morgan fingerprint density at radius 3 is 2.69 bits per heavy atom. The predicted molar refractivity (Wildman–Crippen MR) is 127 cm³/mol. The van der Waals surface area contributed by atoms with E-state index in [4.69, 9.17) is 16.3 Å². The molecule has 1 amide bonds. The summed E-state index contributed by atoms with van der Waals surface area (Å²) in [6.45, 7) is 5.00. The van der Waals surface area contributed by atoms with Gasteiger partial charge in [0.2, 0.25) is 23.8 Å². The van der Waals surface area contributed by atoms with Crippen molar-refractivity contribution >= 4 is 40.4 Å². The summed E-state index contributed by atoms with van der Waals surface area (Å²) < 4.78 is 34.9. The molecule has 2 saturated heterocycles. The van der Waals surface area contributed by atoms with Gasteiger partial charge in [-0.1, -0.05) is 12.1 Å². The topological polar surface area (TPSA) is 101 Å². The Kier molecular flexibility index (Phi) is 6.65. The fraction of sp³-hybridized carbons (Fsp3) is 0.500. The van der Waals surface area contributed by atoms with Crippen LogP contribution in [0.3, 0.4) is 0 Å². The monoisotopic (exact) mass is 506 g/mol. The van der Waals surface area contributed by atoms with E-state index < -0.39 is 12.2 Å². The van der Waals surface area contributed by atoms with Crippen molar-refractivity contribution in [1.82, 2.24) is 29.4 Å². The van der Waals surface area contributed by atoms with Crippen LogP contribution in [0.5, 0.6) is 0 Å². The molecule has 10 nitrogen and oxygen atoms in total. The van der Waals surface area contributed by atoms with Crippen LogP contribution in [-0.2, 0) is 9.53 Å². The van der Waals surface area contributed by atoms with E-state index in [1.807, 2.05) is 17.9 Å². The first-order chi connectivity index (χ1) is 16.9. The quantitative estimate of drug-likeness (QED) is 0.509. The van der Waals surface area contributed by atoms with E-state index in [1.54, 1.807) is 17.0 Å². The summed E-state index contributed by atoms with van der Waals surface area (Å²) in [5.41, 5.74) is 1.74. The lowest BCUT2D eigenvalue weighted by Gasteiger charge is -2.27. The molecule has 1 aromatic carbocycles. The van der Waals surface area contributed by atoms with Gasteiger partial charge in [0.05, 0.1) is 24.2 Å². The molecule has 0 unspecified atom stereocenters. The highest BCUT2D eigenvalue weighted by atomic mass is 35.5. The summed E-state index contributed by atoms with van der Waals surface area (Å²) in [7, 11) is 0. The number of ether oxygens (including phenoxy) is 1. The molecule has 1 atom stereocenters. The van der Waals surface area contributed by atoms with Crippen LogP contribution >= 0.6 is 11.6 Å². The fourth-order valence-electron chi connectivity index (χ4n) is 4.41. The molecular weight excluding hydrogens is 482 g/mol. The first-order valence-corrected chi connectivity index (χ1v) is 11.9. The van der Waals surface area contributed by atoms with Crippen molar-refractivity contribution in [2.45, 2.75) is 25.8 Å². The number of nitrogens with one attached hydrogen (secondary N) is 1. The molecule has 2 aliphatic heterocycles. The maximum atomic E-state index is 14.1. The zero-order valence-corrected chi connectivity index (χ0v) is 19.9. The van der Waals surface area contributed by atoms with E-state index in [0.29, 0.717) is 62.8 Å². The van der Waals surface area contributed by atoms with Crippen LogP contribution < -0.4 is 10.2 Å². The van der Waals surface area contributed by atoms with Crippen LogP contribution in [0.1, 0.15) is 24.2 Å². The molecule has 0 radical (unpaired) electrons. The molecule has 0 spiro atoms. The summed E-state index contributed by atoms with van der Waals surface area (Å²) >= 11 is 5.69. The number of carbonyl (C=O) groups excluding carboxylic acids is 1. The number of imidazole rings is 1. The summed E-state index contributed by atoms with van der Waals surface area (Å²) in [5.74, 6) is 0.0211. The van der Waals surface area contributed by atoms with Gasteiger partial charge in [-0.25, -0.2) is 13.8 Å². The highest BCUT2D eigenvalue weighted by molar-refractivity contribution is 6.27. The van der Waals surface area contributed by atoms with E-state index in [9.17, 15) is 13.6 Å². The number of morpholine rings is 1. The van der Waals surface area contributed by atoms with Gasteiger partial charge in [-0.2, -0.15) is 15.0 Å². The largest absolute Gasteiger partial charge is 0.378 e. The van der Waals surface area contributed by atoms with E-state index in [-0.39, 0.29) is 29.7 Å². The molecule has 0 bridgehead atoms. The molecular formula is C22H25ClF2N8O2. The average Bonchev–Trinajstić information content (AvgIpc) is 3.50. The number of aryl methyl sites for hydroxylation is 1. The molecule has 1 N–H and O–H groups in total. The summed E-state index contributed by atoms with van der Waals surface area (Å²) in [4.78, 5) is 33.4. The van der Waals surface area contributed by atoms with Gasteiger partial charge in [0, 0.05) is 32.2 Å². The normalized spacial score (nSPS) is 18.6. The highest BCUT2D eigenvalue weighted by Gasteiger charge is 2.28. The lowest BCUT2D eigenvalue weighted by atomic mass is 10.2. The molecule has 186 valence electrons. The lowest BCUT2D eigenvalue weighted by Crippen LogP contribution is -2.38. The smallest absolute Gasteiger partial charge is 0.296 e. The number of fused-ring (bicyclic) bond motifs is 1. The molecule has 5 rings (SSSR count). The van der Waals surface area contributed by atoms with Crippen LogP contribution in [0, 0.1) is 6.92 Å². The van der Waals surface area contributed by atoms with Crippen LogP contribution in [-0.4, -0.2) is 86.6 Å². The number of alkyl halides is 3. The number of para-hydroxylation sites is 1. The molecule has 3 aromatic rings. The number of carbonyl (C=O) groups is 1. The number of amides is 1. The number of likely N-dealkylation sites (tertiary alicyclic amines) is 1. The number of hydrogen-bond donors (Lipinski definition) is 1. The number of rotatable bonds is 6. The molecule has 13 heteroatoms. The first-order valence-electron chi connectivity index (χ1n) is 11.4. The van der Waals surface area contributed by atoms with Crippen molar-refractivity contribution in [2.75, 3.05) is 55.5 Å². The second kappa shape index (κ2) is 9.86. The van der Waals surface area contributed by atoms with E-state index in [1.165, 1.54) is 4.57 Å². The molecule has 2 aromatic heterocycles. The number of halogens is 3. The summed E-state index contributed by atoms with van der Waals surface area (Å²) in [5, 5.41) is 3.26. The van der Waals surface area contributed by atoms with Gasteiger partial charge in [0.15, 0.2) is 5.82 Å². The summed E-state index contributed by atoms with van der Waals surface area (Å²) in [6, 6.07) is 5.22. The Hall–Kier alpha value is -3.12. The van der Waals surface area contributed by atoms with Crippen molar-refractivity contribution in [1.29, 1.82) is 0 Å². The third-order valence-corrected chi connectivity index (χ3v) is 6.43. The first kappa shape index (κ1) is 23.6.